The van der Waals surface area contributed by atoms with Crippen molar-refractivity contribution in [3.8, 4) is 5.75 Å². The lowest BCUT2D eigenvalue weighted by molar-refractivity contribution is -0.124. The van der Waals surface area contributed by atoms with Gasteiger partial charge in [-0.05, 0) is 31.0 Å². The maximum absolute atomic E-state index is 13.4. The van der Waals surface area contributed by atoms with Gasteiger partial charge in [-0.2, -0.15) is 0 Å². The number of carbonyl (C=O) groups excluding carboxylic acids is 1. The minimum absolute atomic E-state index is 0.0242. The molecule has 0 aliphatic heterocycles. The second-order valence-electron chi connectivity index (χ2n) is 5.64. The zero-order valence-electron chi connectivity index (χ0n) is 12.5. The fourth-order valence-corrected chi connectivity index (χ4v) is 2.81. The van der Waals surface area contributed by atoms with Gasteiger partial charge in [0.05, 0.1) is 12.8 Å². The highest BCUT2D eigenvalue weighted by Crippen LogP contribution is 2.35. The fourth-order valence-electron chi connectivity index (χ4n) is 2.81. The first-order valence-electron chi connectivity index (χ1n) is 7.52. The maximum atomic E-state index is 13.4. The molecule has 1 aromatic heterocycles. The number of rotatable bonds is 5. The molecule has 1 unspecified atom stereocenters. The summed E-state index contributed by atoms with van der Waals surface area (Å²) in [6.45, 7) is -0.242. The largest absolute Gasteiger partial charge is 0.481 e. The smallest absolute Gasteiger partial charge is 0.258 e. The van der Waals surface area contributed by atoms with Crippen molar-refractivity contribution in [1.29, 1.82) is 0 Å². The number of para-hydroxylation sites is 1. The molecule has 1 atom stereocenters. The van der Waals surface area contributed by atoms with Crippen LogP contribution in [0.3, 0.4) is 0 Å². The van der Waals surface area contributed by atoms with Crippen LogP contribution >= 0.6 is 0 Å². The van der Waals surface area contributed by atoms with E-state index in [0.29, 0.717) is 6.42 Å². The molecule has 2 aromatic rings. The van der Waals surface area contributed by atoms with Crippen molar-refractivity contribution in [2.75, 3.05) is 13.2 Å². The maximum Gasteiger partial charge on any atom is 0.258 e. The molecule has 122 valence electrons. The van der Waals surface area contributed by atoms with Crippen LogP contribution in [0.2, 0.25) is 0 Å². The first kappa shape index (κ1) is 15.6. The highest BCUT2D eigenvalue weighted by molar-refractivity contribution is 5.77. The number of furan rings is 1. The first-order valence-corrected chi connectivity index (χ1v) is 7.52. The number of hydrogen-bond acceptors (Lipinski definition) is 4. The number of amides is 1. The number of fused-ring (bicyclic) bond motifs is 1. The summed E-state index contributed by atoms with van der Waals surface area (Å²) >= 11 is 0. The molecule has 1 aliphatic rings. The molecule has 2 N–H and O–H groups in total. The van der Waals surface area contributed by atoms with E-state index in [1.54, 1.807) is 24.5 Å². The van der Waals surface area contributed by atoms with Gasteiger partial charge in [0.15, 0.2) is 18.2 Å². The number of aliphatic hydroxyl groups is 1. The van der Waals surface area contributed by atoms with Crippen molar-refractivity contribution >= 4 is 5.91 Å². The van der Waals surface area contributed by atoms with E-state index in [4.69, 9.17) is 9.15 Å². The average Bonchev–Trinajstić information content (AvgIpc) is 3.03. The third-order valence-electron chi connectivity index (χ3n) is 4.01. The molecule has 0 saturated carbocycles. The van der Waals surface area contributed by atoms with Crippen molar-refractivity contribution in [2.45, 2.75) is 24.9 Å². The van der Waals surface area contributed by atoms with Crippen LogP contribution in [0.15, 0.2) is 41.0 Å². The summed E-state index contributed by atoms with van der Waals surface area (Å²) < 4.78 is 23.9. The van der Waals surface area contributed by atoms with Crippen molar-refractivity contribution in [1.82, 2.24) is 5.32 Å². The summed E-state index contributed by atoms with van der Waals surface area (Å²) in [4.78, 5) is 11.9. The Labute approximate surface area is 133 Å². The summed E-state index contributed by atoms with van der Waals surface area (Å²) in [5.74, 6) is -0.154. The van der Waals surface area contributed by atoms with Crippen LogP contribution in [0, 0.1) is 5.82 Å². The first-order chi connectivity index (χ1) is 11.1. The molecule has 1 heterocycles. The summed E-state index contributed by atoms with van der Waals surface area (Å²) in [5.41, 5.74) is -0.409. The van der Waals surface area contributed by atoms with Crippen molar-refractivity contribution in [3.63, 3.8) is 0 Å². The molecular weight excluding hydrogens is 301 g/mol. The minimum Gasteiger partial charge on any atom is -0.481 e. The van der Waals surface area contributed by atoms with Gasteiger partial charge in [-0.3, -0.25) is 4.79 Å². The summed E-state index contributed by atoms with van der Waals surface area (Å²) in [5, 5.41) is 13.4. The predicted octanol–water partition coefficient (Wildman–Crippen LogP) is 2.14. The van der Waals surface area contributed by atoms with Crippen LogP contribution in [-0.4, -0.2) is 24.2 Å². The van der Waals surface area contributed by atoms with E-state index in [1.807, 2.05) is 0 Å². The molecule has 0 saturated heterocycles. The summed E-state index contributed by atoms with van der Waals surface area (Å²) in [7, 11) is 0. The Morgan fingerprint density at radius 2 is 2.22 bits per heavy atom. The average molecular weight is 319 g/mol. The van der Waals surface area contributed by atoms with Crippen molar-refractivity contribution in [2.24, 2.45) is 0 Å². The van der Waals surface area contributed by atoms with Crippen LogP contribution in [0.4, 0.5) is 4.39 Å². The Morgan fingerprint density at radius 3 is 3.04 bits per heavy atom. The minimum atomic E-state index is -1.13. The van der Waals surface area contributed by atoms with Gasteiger partial charge in [0, 0.05) is 12.0 Å². The Morgan fingerprint density at radius 1 is 1.39 bits per heavy atom. The molecular formula is C17H18FNO4. The lowest BCUT2D eigenvalue weighted by Gasteiger charge is -2.31. The van der Waals surface area contributed by atoms with E-state index in [2.05, 4.69) is 5.32 Å². The van der Waals surface area contributed by atoms with Gasteiger partial charge < -0.3 is 19.6 Å². The zero-order chi connectivity index (χ0) is 16.3. The molecule has 6 heteroatoms. The van der Waals surface area contributed by atoms with Crippen LogP contribution in [0.5, 0.6) is 5.75 Å². The normalized spacial score (nSPS) is 19.9. The highest BCUT2D eigenvalue weighted by Gasteiger charge is 2.36. The third kappa shape index (κ3) is 3.37. The number of carbonyl (C=O) groups is 1. The van der Waals surface area contributed by atoms with Crippen molar-refractivity contribution < 1.29 is 23.4 Å². The molecule has 0 bridgehead atoms. The Balaban J connectivity index is 1.55. The zero-order valence-corrected chi connectivity index (χ0v) is 12.5. The van der Waals surface area contributed by atoms with Gasteiger partial charge in [0.25, 0.3) is 5.91 Å². The lowest BCUT2D eigenvalue weighted by atomic mass is 9.83. The van der Waals surface area contributed by atoms with Crippen LogP contribution in [0.1, 0.15) is 24.2 Å². The summed E-state index contributed by atoms with van der Waals surface area (Å²) in [6, 6.07) is 7.62. The monoisotopic (exact) mass is 319 g/mol. The predicted molar refractivity (Wildman–Crippen MR) is 80.4 cm³/mol. The van der Waals surface area contributed by atoms with E-state index in [0.717, 1.165) is 24.2 Å². The number of hydrogen-bond donors (Lipinski definition) is 2. The van der Waals surface area contributed by atoms with Gasteiger partial charge in [-0.15, -0.1) is 0 Å². The van der Waals surface area contributed by atoms with Crippen LogP contribution < -0.4 is 10.1 Å². The molecule has 1 amide bonds. The molecule has 0 spiro atoms. The number of aryl methyl sites for hydroxylation is 1. The fraction of sp³-hybridized carbons (Fsp3) is 0.353. The topological polar surface area (TPSA) is 71.7 Å². The molecule has 1 aromatic carbocycles. The Kier molecular flexibility index (Phi) is 4.34. The molecule has 3 rings (SSSR count). The second kappa shape index (κ2) is 6.42. The van der Waals surface area contributed by atoms with Gasteiger partial charge in [-0.25, -0.2) is 4.39 Å². The molecule has 0 radical (unpaired) electrons. The van der Waals surface area contributed by atoms with Gasteiger partial charge >= 0.3 is 0 Å². The van der Waals surface area contributed by atoms with Gasteiger partial charge in [-0.1, -0.05) is 12.1 Å². The lowest BCUT2D eigenvalue weighted by Crippen LogP contribution is -2.43. The molecule has 23 heavy (non-hydrogen) atoms. The van der Waals surface area contributed by atoms with Crippen LogP contribution in [-0.2, 0) is 16.8 Å². The Bertz CT molecular complexity index is 699. The SMILES string of the molecule is O=C(COc1ccccc1F)NCC1(O)CCCc2occc21. The van der Waals surface area contributed by atoms with E-state index >= 15 is 0 Å². The molecule has 5 nitrogen and oxygen atoms in total. The highest BCUT2D eigenvalue weighted by atomic mass is 19.1. The number of benzene rings is 1. The van der Waals surface area contributed by atoms with E-state index in [-0.39, 0.29) is 18.9 Å². The molecule has 1 aliphatic carbocycles. The van der Waals surface area contributed by atoms with E-state index < -0.39 is 17.3 Å². The van der Waals surface area contributed by atoms with Gasteiger partial charge in [0.2, 0.25) is 0 Å². The standard InChI is InChI=1S/C17H18FNO4/c18-13-4-1-2-5-15(13)23-10-16(20)19-11-17(21)8-3-6-14-12(17)7-9-22-14/h1-2,4-5,7,9,21H,3,6,8,10-11H2,(H,19,20). The quantitative estimate of drug-likeness (QED) is 0.886. The third-order valence-corrected chi connectivity index (χ3v) is 4.01. The van der Waals surface area contributed by atoms with Crippen molar-refractivity contribution in [3.05, 3.63) is 53.7 Å². The van der Waals surface area contributed by atoms with Crippen LogP contribution in [0.25, 0.3) is 0 Å². The van der Waals surface area contributed by atoms with E-state index in [1.165, 1.54) is 12.1 Å². The number of nitrogens with one attached hydrogen (secondary N) is 1. The number of halogens is 1. The summed E-state index contributed by atoms with van der Waals surface area (Å²) in [6.07, 6.45) is 3.67. The number of ether oxygens (including phenoxy) is 1. The van der Waals surface area contributed by atoms with Gasteiger partial charge in [0.1, 0.15) is 11.4 Å². The van der Waals surface area contributed by atoms with E-state index in [9.17, 15) is 14.3 Å². The second-order valence-corrected chi connectivity index (χ2v) is 5.64. The molecule has 0 fully saturated rings. The Hall–Kier alpha value is -2.34.